The van der Waals surface area contributed by atoms with Crippen LogP contribution in [0, 0.1) is 5.41 Å². The Morgan fingerprint density at radius 1 is 1.45 bits per heavy atom. The van der Waals surface area contributed by atoms with E-state index in [1.54, 1.807) is 0 Å². The molecule has 0 atom stereocenters. The van der Waals surface area contributed by atoms with Crippen LogP contribution in [0.15, 0.2) is 0 Å². The van der Waals surface area contributed by atoms with E-state index >= 15 is 0 Å². The number of carboxylic acid groups (broad SMARTS) is 1. The highest BCUT2D eigenvalue weighted by atomic mass is 35.5. The number of hydrogen-bond donors (Lipinski definition) is 2. The van der Waals surface area contributed by atoms with Gasteiger partial charge in [-0.25, -0.2) is 0 Å². The smallest absolute Gasteiger partial charge is 0.310 e. The van der Waals surface area contributed by atoms with Gasteiger partial charge in [0.15, 0.2) is 0 Å². The molecule has 0 unspecified atom stereocenters. The summed E-state index contributed by atoms with van der Waals surface area (Å²) in [4.78, 5) is 11.8. The summed E-state index contributed by atoms with van der Waals surface area (Å²) < 4.78 is 1.86. The maximum absolute atomic E-state index is 11.8. The van der Waals surface area contributed by atoms with E-state index in [1.807, 2.05) is 18.5 Å². The Morgan fingerprint density at radius 3 is 2.60 bits per heavy atom. The summed E-state index contributed by atoms with van der Waals surface area (Å²) in [5, 5.41) is 18.0. The number of carboxylic acids is 1. The first kappa shape index (κ1) is 15.3. The third-order valence-electron chi connectivity index (χ3n) is 4.21. The Kier molecular flexibility index (Phi) is 4.70. The molecule has 0 bridgehead atoms. The number of nitrogens with zero attached hydrogens (tertiary/aromatic N) is 2. The van der Waals surface area contributed by atoms with Crippen LogP contribution in [0.2, 0.25) is 5.02 Å². The van der Waals surface area contributed by atoms with E-state index in [4.69, 9.17) is 11.6 Å². The second-order valence-electron chi connectivity index (χ2n) is 5.39. The van der Waals surface area contributed by atoms with Gasteiger partial charge in [0.2, 0.25) is 0 Å². The maximum atomic E-state index is 11.8. The summed E-state index contributed by atoms with van der Waals surface area (Å²) in [6.45, 7) is 6.20. The second-order valence-corrected chi connectivity index (χ2v) is 5.77. The molecule has 0 amide bonds. The Bertz CT molecular complexity index is 493. The molecule has 20 heavy (non-hydrogen) atoms. The fourth-order valence-corrected chi connectivity index (χ4v) is 3.21. The summed E-state index contributed by atoms with van der Waals surface area (Å²) in [6, 6.07) is 0. The number of aliphatic carboxylic acids is 1. The molecule has 2 N–H and O–H groups in total. The molecule has 0 aromatic carbocycles. The third kappa shape index (κ3) is 2.69. The number of hydrogen-bond acceptors (Lipinski definition) is 3. The molecule has 0 radical (unpaired) electrons. The van der Waals surface area contributed by atoms with Crippen LogP contribution in [-0.4, -0.2) is 33.9 Å². The van der Waals surface area contributed by atoms with Crippen molar-refractivity contribution in [3.05, 3.63) is 16.4 Å². The zero-order chi connectivity index (χ0) is 14.8. The highest BCUT2D eigenvalue weighted by Crippen LogP contribution is 2.36. The number of aromatic nitrogens is 2. The van der Waals surface area contributed by atoms with E-state index in [1.165, 1.54) is 0 Å². The number of nitrogens with one attached hydrogen (secondary N) is 1. The molecular weight excluding hydrogens is 278 g/mol. The molecule has 2 rings (SSSR count). The Morgan fingerprint density at radius 2 is 2.10 bits per heavy atom. The van der Waals surface area contributed by atoms with Gasteiger partial charge in [-0.3, -0.25) is 9.48 Å². The summed E-state index contributed by atoms with van der Waals surface area (Å²) >= 11 is 6.40. The van der Waals surface area contributed by atoms with Gasteiger partial charge in [-0.15, -0.1) is 0 Å². The lowest BCUT2D eigenvalue weighted by Gasteiger charge is -2.33. The maximum Gasteiger partial charge on any atom is 0.310 e. The van der Waals surface area contributed by atoms with Gasteiger partial charge in [-0.05, 0) is 39.3 Å². The van der Waals surface area contributed by atoms with Gasteiger partial charge in [-0.1, -0.05) is 18.5 Å². The van der Waals surface area contributed by atoms with E-state index in [9.17, 15) is 9.90 Å². The van der Waals surface area contributed by atoms with E-state index in [0.717, 1.165) is 30.9 Å². The van der Waals surface area contributed by atoms with Crippen LogP contribution >= 0.6 is 11.6 Å². The lowest BCUT2D eigenvalue weighted by Crippen LogP contribution is -2.44. The van der Waals surface area contributed by atoms with Crippen LogP contribution < -0.4 is 5.32 Å². The zero-order valence-electron chi connectivity index (χ0n) is 12.1. The fraction of sp³-hybridized carbons (Fsp3) is 0.714. The normalized spacial score (nSPS) is 18.1. The lowest BCUT2D eigenvalue weighted by molar-refractivity contribution is -0.150. The molecule has 1 aromatic rings. The summed E-state index contributed by atoms with van der Waals surface area (Å²) in [5.41, 5.74) is 1.01. The Labute approximate surface area is 124 Å². The van der Waals surface area contributed by atoms with E-state index in [-0.39, 0.29) is 0 Å². The number of piperidine rings is 1. The van der Waals surface area contributed by atoms with E-state index in [2.05, 4.69) is 10.4 Å². The number of halogens is 1. The average molecular weight is 300 g/mol. The van der Waals surface area contributed by atoms with E-state index < -0.39 is 11.4 Å². The van der Waals surface area contributed by atoms with Gasteiger partial charge in [0.25, 0.3) is 0 Å². The van der Waals surface area contributed by atoms with Gasteiger partial charge in [0.1, 0.15) is 0 Å². The van der Waals surface area contributed by atoms with Crippen molar-refractivity contribution < 1.29 is 9.90 Å². The van der Waals surface area contributed by atoms with Crippen molar-refractivity contribution >= 4 is 17.6 Å². The number of rotatable bonds is 5. The minimum absolute atomic E-state index is 0.462. The number of carbonyl (C=O) groups is 1. The van der Waals surface area contributed by atoms with Crippen molar-refractivity contribution in [2.45, 2.75) is 46.1 Å². The Hall–Kier alpha value is -1.07. The molecular formula is C14H22ClN3O2. The van der Waals surface area contributed by atoms with Crippen molar-refractivity contribution in [1.29, 1.82) is 0 Å². The lowest BCUT2D eigenvalue weighted by atomic mass is 9.75. The Balaban J connectivity index is 2.35. The molecule has 0 spiro atoms. The van der Waals surface area contributed by atoms with Gasteiger partial charge in [-0.2, -0.15) is 5.10 Å². The predicted molar refractivity (Wildman–Crippen MR) is 78.2 cm³/mol. The number of aryl methyl sites for hydroxylation is 2. The minimum atomic E-state index is -0.725. The molecule has 1 saturated heterocycles. The highest BCUT2D eigenvalue weighted by Gasteiger charge is 2.41. The van der Waals surface area contributed by atoms with Crippen LogP contribution in [0.1, 0.15) is 38.1 Å². The average Bonchev–Trinajstić information content (AvgIpc) is 2.76. The van der Waals surface area contributed by atoms with E-state index in [0.29, 0.717) is 30.8 Å². The van der Waals surface area contributed by atoms with Crippen LogP contribution in [0.4, 0.5) is 0 Å². The largest absolute Gasteiger partial charge is 0.481 e. The molecule has 6 heteroatoms. The first-order chi connectivity index (χ1) is 9.54. The summed E-state index contributed by atoms with van der Waals surface area (Å²) in [6.07, 6.45) is 2.49. The molecule has 1 fully saturated rings. The van der Waals surface area contributed by atoms with Gasteiger partial charge >= 0.3 is 5.97 Å². The SMILES string of the molecule is CCc1nn(CC)c(CC2(C(=O)O)CCNCC2)c1Cl. The van der Waals surface area contributed by atoms with Gasteiger partial charge < -0.3 is 10.4 Å². The van der Waals surface area contributed by atoms with Crippen molar-refractivity contribution in [2.75, 3.05) is 13.1 Å². The second kappa shape index (κ2) is 6.14. The highest BCUT2D eigenvalue weighted by molar-refractivity contribution is 6.31. The van der Waals surface area contributed by atoms with Gasteiger partial charge in [0, 0.05) is 13.0 Å². The molecule has 5 nitrogen and oxygen atoms in total. The van der Waals surface area contributed by atoms with Crippen molar-refractivity contribution in [1.82, 2.24) is 15.1 Å². The predicted octanol–water partition coefficient (Wildman–Crippen LogP) is 2.12. The molecule has 1 aromatic heterocycles. The van der Waals surface area contributed by atoms with Crippen LogP contribution in [0.3, 0.4) is 0 Å². The third-order valence-corrected chi connectivity index (χ3v) is 4.65. The van der Waals surface area contributed by atoms with Crippen molar-refractivity contribution in [2.24, 2.45) is 5.41 Å². The monoisotopic (exact) mass is 299 g/mol. The molecule has 2 heterocycles. The molecule has 112 valence electrons. The standard InChI is InChI=1S/C14H22ClN3O2/c1-3-10-12(15)11(18(4-2)17-10)9-14(13(19)20)5-7-16-8-6-14/h16H,3-9H2,1-2H3,(H,19,20). The quantitative estimate of drug-likeness (QED) is 0.874. The van der Waals surface area contributed by atoms with Crippen LogP contribution in [0.5, 0.6) is 0 Å². The molecule has 1 aliphatic heterocycles. The van der Waals surface area contributed by atoms with Crippen molar-refractivity contribution in [3.8, 4) is 0 Å². The van der Waals surface area contributed by atoms with Gasteiger partial charge in [0.05, 0.1) is 21.8 Å². The molecule has 0 saturated carbocycles. The molecule has 1 aliphatic rings. The zero-order valence-corrected chi connectivity index (χ0v) is 12.8. The first-order valence-electron chi connectivity index (χ1n) is 7.22. The minimum Gasteiger partial charge on any atom is -0.481 e. The van der Waals surface area contributed by atoms with Crippen molar-refractivity contribution in [3.63, 3.8) is 0 Å². The first-order valence-corrected chi connectivity index (χ1v) is 7.60. The fourth-order valence-electron chi connectivity index (χ4n) is 2.88. The molecule has 0 aliphatic carbocycles. The van der Waals surface area contributed by atoms with Crippen LogP contribution in [0.25, 0.3) is 0 Å². The van der Waals surface area contributed by atoms with Crippen LogP contribution in [-0.2, 0) is 24.2 Å². The topological polar surface area (TPSA) is 67.2 Å². The summed E-state index contributed by atoms with van der Waals surface area (Å²) in [5.74, 6) is -0.725. The summed E-state index contributed by atoms with van der Waals surface area (Å²) in [7, 11) is 0.